The summed E-state index contributed by atoms with van der Waals surface area (Å²) in [5.41, 5.74) is 2.26. The van der Waals surface area contributed by atoms with Crippen LogP contribution in [0.25, 0.3) is 21.5 Å². The normalized spacial score (nSPS) is 11.3. The molecule has 0 amide bonds. The highest BCUT2D eigenvalue weighted by Crippen LogP contribution is 2.28. The molecular weight excluding hydrogens is 248 g/mol. The average molecular weight is 266 g/mol. The molecule has 0 unspecified atom stereocenters. The number of hydrogen-bond acceptors (Lipinski definition) is 2. The van der Waals surface area contributed by atoms with Gasteiger partial charge < -0.3 is 10.2 Å². The minimum Gasteiger partial charge on any atom is -0.396 e. The van der Waals surface area contributed by atoms with Crippen molar-refractivity contribution in [3.8, 4) is 0 Å². The number of benzene rings is 3. The highest BCUT2D eigenvalue weighted by molar-refractivity contribution is 6.07. The first-order chi connectivity index (χ1) is 9.83. The van der Waals surface area contributed by atoms with Crippen molar-refractivity contribution in [2.45, 2.75) is 12.8 Å². The van der Waals surface area contributed by atoms with E-state index in [1.165, 1.54) is 21.5 Å². The lowest BCUT2D eigenvalue weighted by molar-refractivity contribution is 0.293. The fraction of sp³-hybridized carbons (Fsp3) is 0.222. The first-order valence-electron chi connectivity index (χ1n) is 6.98. The zero-order valence-corrected chi connectivity index (χ0v) is 11.3. The van der Waals surface area contributed by atoms with E-state index in [1.54, 1.807) is 0 Å². The standard InChI is InChI=1S/C18H18O2/c19-9-7-14-11-16-6-5-13-3-1-2-4-17(13)18(16)12-15(14)8-10-20/h1-6,11-12,19-20H,7-10H2. The first-order valence-corrected chi connectivity index (χ1v) is 6.98. The number of rotatable bonds is 4. The van der Waals surface area contributed by atoms with Gasteiger partial charge in [-0.2, -0.15) is 0 Å². The van der Waals surface area contributed by atoms with Gasteiger partial charge in [0.25, 0.3) is 0 Å². The summed E-state index contributed by atoms with van der Waals surface area (Å²) in [6.07, 6.45) is 1.27. The molecule has 2 N–H and O–H groups in total. The van der Waals surface area contributed by atoms with Gasteiger partial charge in [0.15, 0.2) is 0 Å². The third kappa shape index (κ3) is 2.28. The molecule has 0 heterocycles. The van der Waals surface area contributed by atoms with Crippen molar-refractivity contribution >= 4 is 21.5 Å². The highest BCUT2D eigenvalue weighted by Gasteiger charge is 2.07. The van der Waals surface area contributed by atoms with Gasteiger partial charge in [-0.3, -0.25) is 0 Å². The minimum atomic E-state index is 0.134. The predicted molar refractivity (Wildman–Crippen MR) is 83.0 cm³/mol. The van der Waals surface area contributed by atoms with Crippen LogP contribution in [-0.2, 0) is 12.8 Å². The summed E-state index contributed by atoms with van der Waals surface area (Å²) >= 11 is 0. The van der Waals surface area contributed by atoms with Crippen LogP contribution in [0.1, 0.15) is 11.1 Å². The Bertz CT molecular complexity index is 747. The molecule has 0 radical (unpaired) electrons. The minimum absolute atomic E-state index is 0.134. The molecule has 0 spiro atoms. The summed E-state index contributed by atoms with van der Waals surface area (Å²) in [5.74, 6) is 0. The van der Waals surface area contributed by atoms with E-state index < -0.39 is 0 Å². The van der Waals surface area contributed by atoms with Crippen LogP contribution < -0.4 is 0 Å². The van der Waals surface area contributed by atoms with Gasteiger partial charge in [-0.05, 0) is 45.5 Å². The second-order valence-corrected chi connectivity index (χ2v) is 5.08. The monoisotopic (exact) mass is 266 g/mol. The van der Waals surface area contributed by atoms with Gasteiger partial charge in [0.1, 0.15) is 0 Å². The van der Waals surface area contributed by atoms with Crippen LogP contribution in [0.4, 0.5) is 0 Å². The van der Waals surface area contributed by atoms with E-state index in [9.17, 15) is 10.2 Å². The molecular formula is C18H18O2. The van der Waals surface area contributed by atoms with Crippen molar-refractivity contribution in [1.82, 2.24) is 0 Å². The van der Waals surface area contributed by atoms with Crippen LogP contribution in [0.3, 0.4) is 0 Å². The maximum absolute atomic E-state index is 9.24. The summed E-state index contributed by atoms with van der Waals surface area (Å²) in [4.78, 5) is 0. The van der Waals surface area contributed by atoms with Gasteiger partial charge in [-0.1, -0.05) is 48.5 Å². The SMILES string of the molecule is OCCc1cc2ccc3ccccc3c2cc1CCO. The molecule has 102 valence electrons. The van der Waals surface area contributed by atoms with E-state index in [-0.39, 0.29) is 13.2 Å². The van der Waals surface area contributed by atoms with Crippen LogP contribution in [-0.4, -0.2) is 23.4 Å². The Hall–Kier alpha value is -1.90. The summed E-state index contributed by atoms with van der Waals surface area (Å²) in [7, 11) is 0. The summed E-state index contributed by atoms with van der Waals surface area (Å²) in [6.45, 7) is 0.270. The summed E-state index contributed by atoms with van der Waals surface area (Å²) in [6, 6.07) is 16.9. The molecule has 2 heteroatoms. The molecule has 0 bridgehead atoms. The Labute approximate surface area is 118 Å². The zero-order chi connectivity index (χ0) is 13.9. The lowest BCUT2D eigenvalue weighted by atomic mass is 9.94. The Balaban J connectivity index is 2.29. The second-order valence-electron chi connectivity index (χ2n) is 5.08. The quantitative estimate of drug-likeness (QED) is 0.712. The highest BCUT2D eigenvalue weighted by atomic mass is 16.3. The smallest absolute Gasteiger partial charge is 0.0471 e. The third-order valence-electron chi connectivity index (χ3n) is 3.83. The van der Waals surface area contributed by atoms with Crippen molar-refractivity contribution in [1.29, 1.82) is 0 Å². The van der Waals surface area contributed by atoms with Crippen molar-refractivity contribution in [3.63, 3.8) is 0 Å². The van der Waals surface area contributed by atoms with E-state index in [2.05, 4.69) is 42.5 Å². The maximum Gasteiger partial charge on any atom is 0.0471 e. The molecule has 3 aromatic rings. The molecule has 0 fully saturated rings. The Kier molecular flexibility index (Phi) is 3.68. The number of aliphatic hydroxyl groups is 2. The molecule has 3 rings (SSSR count). The largest absolute Gasteiger partial charge is 0.396 e. The van der Waals surface area contributed by atoms with Crippen LogP contribution in [0.15, 0.2) is 48.5 Å². The van der Waals surface area contributed by atoms with Crippen molar-refractivity contribution in [2.75, 3.05) is 13.2 Å². The summed E-state index contributed by atoms with van der Waals surface area (Å²) in [5, 5.41) is 23.3. The van der Waals surface area contributed by atoms with Crippen LogP contribution in [0, 0.1) is 0 Å². The number of fused-ring (bicyclic) bond motifs is 3. The van der Waals surface area contributed by atoms with Crippen molar-refractivity contribution < 1.29 is 10.2 Å². The molecule has 0 aromatic heterocycles. The van der Waals surface area contributed by atoms with Gasteiger partial charge >= 0.3 is 0 Å². The van der Waals surface area contributed by atoms with Gasteiger partial charge in [-0.15, -0.1) is 0 Å². The molecule has 3 aromatic carbocycles. The number of hydrogen-bond donors (Lipinski definition) is 2. The summed E-state index contributed by atoms with van der Waals surface area (Å²) < 4.78 is 0. The van der Waals surface area contributed by atoms with Crippen molar-refractivity contribution in [3.05, 3.63) is 59.7 Å². The Morgan fingerprint density at radius 2 is 1.30 bits per heavy atom. The molecule has 0 aliphatic carbocycles. The molecule has 0 aliphatic rings. The van der Waals surface area contributed by atoms with Crippen LogP contribution in [0.5, 0.6) is 0 Å². The lowest BCUT2D eigenvalue weighted by Gasteiger charge is -2.12. The first kappa shape index (κ1) is 13.1. The number of aliphatic hydroxyl groups excluding tert-OH is 2. The fourth-order valence-corrected chi connectivity index (χ4v) is 2.85. The van der Waals surface area contributed by atoms with Crippen LogP contribution in [0.2, 0.25) is 0 Å². The van der Waals surface area contributed by atoms with Crippen molar-refractivity contribution in [2.24, 2.45) is 0 Å². The zero-order valence-electron chi connectivity index (χ0n) is 11.3. The Morgan fingerprint density at radius 3 is 2.05 bits per heavy atom. The van der Waals surface area contributed by atoms with Gasteiger partial charge in [0.05, 0.1) is 0 Å². The van der Waals surface area contributed by atoms with E-state index in [0.717, 1.165) is 11.1 Å². The van der Waals surface area contributed by atoms with E-state index in [0.29, 0.717) is 12.8 Å². The molecule has 0 aliphatic heterocycles. The topological polar surface area (TPSA) is 40.5 Å². The molecule has 20 heavy (non-hydrogen) atoms. The van der Waals surface area contributed by atoms with Gasteiger partial charge in [0, 0.05) is 13.2 Å². The molecule has 0 saturated carbocycles. The third-order valence-corrected chi connectivity index (χ3v) is 3.83. The van der Waals surface area contributed by atoms with Gasteiger partial charge in [-0.25, -0.2) is 0 Å². The van der Waals surface area contributed by atoms with Gasteiger partial charge in [0.2, 0.25) is 0 Å². The van der Waals surface area contributed by atoms with E-state index in [1.807, 2.05) is 6.07 Å². The maximum atomic E-state index is 9.24. The second kappa shape index (κ2) is 5.61. The van der Waals surface area contributed by atoms with E-state index >= 15 is 0 Å². The molecule has 0 saturated heterocycles. The molecule has 2 nitrogen and oxygen atoms in total. The lowest BCUT2D eigenvalue weighted by Crippen LogP contribution is -2.00. The van der Waals surface area contributed by atoms with Crippen LogP contribution >= 0.6 is 0 Å². The Morgan fingerprint density at radius 1 is 0.650 bits per heavy atom. The average Bonchev–Trinajstić information content (AvgIpc) is 2.48. The predicted octanol–water partition coefficient (Wildman–Crippen LogP) is 3.06. The van der Waals surface area contributed by atoms with E-state index in [4.69, 9.17) is 0 Å². The fourth-order valence-electron chi connectivity index (χ4n) is 2.85. The molecule has 0 atom stereocenters.